The molecule has 1 unspecified atom stereocenters. The summed E-state index contributed by atoms with van der Waals surface area (Å²) in [6, 6.07) is 0. The van der Waals surface area contributed by atoms with Gasteiger partial charge in [0.05, 0.1) is 6.10 Å². The van der Waals surface area contributed by atoms with Crippen molar-refractivity contribution in [3.8, 4) is 0 Å². The largest absolute Gasteiger partial charge is 0.481 e. The van der Waals surface area contributed by atoms with Gasteiger partial charge in [-0.3, -0.25) is 9.59 Å². The molecular weight excluding hydrogens is 316 g/mol. The first kappa shape index (κ1) is 21.6. The number of carbonyl (C=O) groups excluding carboxylic acids is 1. The lowest BCUT2D eigenvalue weighted by atomic mass is 9.90. The van der Waals surface area contributed by atoms with Gasteiger partial charge >= 0.3 is 5.97 Å². The molecule has 0 aromatic heterocycles. The normalized spacial score (nSPS) is 23.6. The number of aliphatic hydroxyl groups excluding tert-OH is 1. The molecule has 1 aliphatic rings. The quantitative estimate of drug-likeness (QED) is 0.401. The summed E-state index contributed by atoms with van der Waals surface area (Å²) in [5.41, 5.74) is 0. The maximum Gasteiger partial charge on any atom is 0.303 e. The van der Waals surface area contributed by atoms with E-state index < -0.39 is 12.1 Å². The van der Waals surface area contributed by atoms with Crippen LogP contribution in [0.3, 0.4) is 0 Å². The molecule has 4 nitrogen and oxygen atoms in total. The van der Waals surface area contributed by atoms with E-state index in [4.69, 9.17) is 5.11 Å². The summed E-state index contributed by atoms with van der Waals surface area (Å²) in [7, 11) is 0. The van der Waals surface area contributed by atoms with E-state index in [0.717, 1.165) is 32.1 Å². The average molecular weight is 350 g/mol. The summed E-state index contributed by atoms with van der Waals surface area (Å²) in [5.74, 6) is 0.00449. The van der Waals surface area contributed by atoms with Crippen LogP contribution in [0.5, 0.6) is 0 Å². The Morgan fingerprint density at radius 2 is 2.08 bits per heavy atom. The molecule has 0 aliphatic heterocycles. The molecule has 0 radical (unpaired) electrons. The van der Waals surface area contributed by atoms with Crippen LogP contribution in [0.15, 0.2) is 24.3 Å². The number of carboxylic acid groups (broad SMARTS) is 1. The summed E-state index contributed by atoms with van der Waals surface area (Å²) in [5, 5.41) is 18.8. The van der Waals surface area contributed by atoms with Gasteiger partial charge in [0.15, 0.2) is 0 Å². The van der Waals surface area contributed by atoms with Gasteiger partial charge in [-0.05, 0) is 43.9 Å². The van der Waals surface area contributed by atoms with Crippen molar-refractivity contribution >= 4 is 11.8 Å². The predicted molar refractivity (Wildman–Crippen MR) is 100 cm³/mol. The van der Waals surface area contributed by atoms with Crippen molar-refractivity contribution < 1.29 is 19.8 Å². The fraction of sp³-hybridized carbons (Fsp3) is 0.714. The lowest BCUT2D eigenvalue weighted by molar-refractivity contribution is -0.137. The SMILES string of the molecule is CCCCC(C)[C@H](O)/C=C/[C@H]1CCC(=O)[C@@H]1C/C=C\CCCC(=O)O. The summed E-state index contributed by atoms with van der Waals surface area (Å²) in [6.07, 6.45) is 14.5. The van der Waals surface area contributed by atoms with Crippen LogP contribution in [-0.2, 0) is 9.59 Å². The molecule has 142 valence electrons. The topological polar surface area (TPSA) is 74.6 Å². The molecule has 0 amide bonds. The number of allylic oxidation sites excluding steroid dienone is 3. The molecule has 1 rings (SSSR count). The Labute approximate surface area is 152 Å². The van der Waals surface area contributed by atoms with Crippen molar-refractivity contribution in [3.05, 3.63) is 24.3 Å². The number of aliphatic hydroxyl groups is 1. The number of Topliss-reactive ketones (excluding diaryl/α,β-unsaturated/α-hetero) is 1. The molecule has 0 heterocycles. The number of aliphatic carboxylic acids is 1. The van der Waals surface area contributed by atoms with Crippen LogP contribution in [0.4, 0.5) is 0 Å². The van der Waals surface area contributed by atoms with Gasteiger partial charge in [-0.15, -0.1) is 0 Å². The van der Waals surface area contributed by atoms with Crippen molar-refractivity contribution in [2.45, 2.75) is 77.7 Å². The van der Waals surface area contributed by atoms with Gasteiger partial charge in [0, 0.05) is 18.8 Å². The lowest BCUT2D eigenvalue weighted by Gasteiger charge is -2.17. The number of unbranched alkanes of at least 4 members (excludes halogenated alkanes) is 2. The molecule has 0 saturated heterocycles. The minimum Gasteiger partial charge on any atom is -0.481 e. The second-order valence-corrected chi connectivity index (χ2v) is 7.26. The molecule has 0 bridgehead atoms. The van der Waals surface area contributed by atoms with E-state index in [1.165, 1.54) is 0 Å². The fourth-order valence-corrected chi connectivity index (χ4v) is 3.35. The Bertz CT molecular complexity index is 467. The second-order valence-electron chi connectivity index (χ2n) is 7.26. The fourth-order valence-electron chi connectivity index (χ4n) is 3.35. The Balaban J connectivity index is 2.44. The minimum absolute atomic E-state index is 0.00474. The van der Waals surface area contributed by atoms with Crippen LogP contribution >= 0.6 is 0 Å². The van der Waals surface area contributed by atoms with Crippen molar-refractivity contribution in [2.75, 3.05) is 0 Å². The van der Waals surface area contributed by atoms with Crippen LogP contribution < -0.4 is 0 Å². The molecule has 1 fully saturated rings. The van der Waals surface area contributed by atoms with E-state index in [1.807, 2.05) is 24.3 Å². The highest BCUT2D eigenvalue weighted by atomic mass is 16.4. The van der Waals surface area contributed by atoms with E-state index >= 15 is 0 Å². The number of carbonyl (C=O) groups is 2. The lowest BCUT2D eigenvalue weighted by Crippen LogP contribution is -2.16. The number of ketones is 1. The smallest absolute Gasteiger partial charge is 0.303 e. The molecule has 1 saturated carbocycles. The highest BCUT2D eigenvalue weighted by Crippen LogP contribution is 2.33. The standard InChI is InChI=1S/C21H34O4/c1-3-4-9-16(2)19(22)14-12-17-13-15-20(23)18(17)10-7-5-6-8-11-21(24)25/h5,7,12,14,16-19,22H,3-4,6,8-11,13,15H2,1-2H3,(H,24,25)/b7-5-,14-12+/t16?,17-,18+,19+/m0/s1. The van der Waals surface area contributed by atoms with Crippen molar-refractivity contribution in [1.29, 1.82) is 0 Å². The maximum atomic E-state index is 12.1. The molecule has 4 heteroatoms. The van der Waals surface area contributed by atoms with Crippen molar-refractivity contribution in [2.24, 2.45) is 17.8 Å². The van der Waals surface area contributed by atoms with Gasteiger partial charge in [-0.1, -0.05) is 51.0 Å². The summed E-state index contributed by atoms with van der Waals surface area (Å²) < 4.78 is 0. The Kier molecular flexibility index (Phi) is 10.4. The van der Waals surface area contributed by atoms with Crippen molar-refractivity contribution in [3.63, 3.8) is 0 Å². The first-order valence-electron chi connectivity index (χ1n) is 9.71. The summed E-state index contributed by atoms with van der Waals surface area (Å²) in [4.78, 5) is 22.6. The van der Waals surface area contributed by atoms with E-state index in [1.54, 1.807) is 0 Å². The first-order chi connectivity index (χ1) is 12.0. The zero-order valence-electron chi connectivity index (χ0n) is 15.7. The second kappa shape index (κ2) is 12.0. The van der Waals surface area contributed by atoms with Gasteiger partial charge < -0.3 is 10.2 Å². The molecule has 25 heavy (non-hydrogen) atoms. The van der Waals surface area contributed by atoms with Crippen LogP contribution in [0.2, 0.25) is 0 Å². The molecule has 1 aliphatic carbocycles. The van der Waals surface area contributed by atoms with Gasteiger partial charge in [-0.2, -0.15) is 0 Å². The Morgan fingerprint density at radius 1 is 1.32 bits per heavy atom. The molecular formula is C21H34O4. The highest BCUT2D eigenvalue weighted by Gasteiger charge is 2.32. The third-order valence-corrected chi connectivity index (χ3v) is 5.12. The Hall–Kier alpha value is -1.42. The molecule has 0 spiro atoms. The van der Waals surface area contributed by atoms with Crippen LogP contribution in [-0.4, -0.2) is 28.1 Å². The zero-order valence-corrected chi connectivity index (χ0v) is 15.7. The Morgan fingerprint density at radius 3 is 2.76 bits per heavy atom. The monoisotopic (exact) mass is 350 g/mol. The first-order valence-corrected chi connectivity index (χ1v) is 9.71. The maximum absolute atomic E-state index is 12.1. The average Bonchev–Trinajstić information content (AvgIpc) is 2.93. The van der Waals surface area contributed by atoms with Gasteiger partial charge in [-0.25, -0.2) is 0 Å². The molecule has 2 N–H and O–H groups in total. The van der Waals surface area contributed by atoms with E-state index in [9.17, 15) is 14.7 Å². The predicted octanol–water partition coefficient (Wildman–Crippen LogP) is 4.53. The molecule has 4 atom stereocenters. The number of carboxylic acids is 1. The third-order valence-electron chi connectivity index (χ3n) is 5.12. The number of hydrogen-bond donors (Lipinski definition) is 2. The van der Waals surface area contributed by atoms with Crippen molar-refractivity contribution in [1.82, 2.24) is 0 Å². The van der Waals surface area contributed by atoms with Crippen LogP contribution in [0.1, 0.15) is 71.6 Å². The van der Waals surface area contributed by atoms with Gasteiger partial charge in [0.25, 0.3) is 0 Å². The van der Waals surface area contributed by atoms with Gasteiger partial charge in [0.1, 0.15) is 5.78 Å². The van der Waals surface area contributed by atoms with Gasteiger partial charge in [0.2, 0.25) is 0 Å². The number of rotatable bonds is 12. The number of hydrogen-bond acceptors (Lipinski definition) is 3. The summed E-state index contributed by atoms with van der Waals surface area (Å²) in [6.45, 7) is 4.22. The third kappa shape index (κ3) is 8.48. The highest BCUT2D eigenvalue weighted by molar-refractivity contribution is 5.83. The van der Waals surface area contributed by atoms with E-state index in [-0.39, 0.29) is 24.2 Å². The minimum atomic E-state index is -0.767. The van der Waals surface area contributed by atoms with E-state index in [2.05, 4.69) is 13.8 Å². The summed E-state index contributed by atoms with van der Waals surface area (Å²) >= 11 is 0. The van der Waals surface area contributed by atoms with E-state index in [0.29, 0.717) is 25.0 Å². The molecule has 0 aromatic rings. The zero-order chi connectivity index (χ0) is 18.7. The van der Waals surface area contributed by atoms with Crippen LogP contribution in [0.25, 0.3) is 0 Å². The van der Waals surface area contributed by atoms with Crippen LogP contribution in [0, 0.1) is 17.8 Å². The molecule has 0 aromatic carbocycles.